The molecule has 0 N–H and O–H groups in total. The lowest BCUT2D eigenvalue weighted by molar-refractivity contribution is -0.130. The molecule has 0 atom stereocenters. The molecule has 29 heavy (non-hydrogen) atoms. The molecule has 0 aliphatic carbocycles. The Bertz CT molecular complexity index is 893. The Hall–Kier alpha value is -3.16. The highest BCUT2D eigenvalue weighted by Crippen LogP contribution is 2.17. The predicted octanol–water partition coefficient (Wildman–Crippen LogP) is 1.48. The number of benzene rings is 1. The first-order valence-electron chi connectivity index (χ1n) is 9.81. The Labute approximate surface area is 170 Å². The van der Waals surface area contributed by atoms with Gasteiger partial charge in [0.05, 0.1) is 6.54 Å². The van der Waals surface area contributed by atoms with Crippen LogP contribution in [0.3, 0.4) is 0 Å². The molecule has 1 aromatic carbocycles. The third-order valence-electron chi connectivity index (χ3n) is 5.14. The summed E-state index contributed by atoms with van der Waals surface area (Å²) in [6.07, 6.45) is 0.760. The van der Waals surface area contributed by atoms with Crippen LogP contribution in [0.2, 0.25) is 0 Å². The SMILES string of the molecule is CCN(C)C(=O)CN(C)C(=O)c1cc2n(n1)CCCN(Cc1ccccc1)C2=O. The number of aromatic nitrogens is 2. The molecule has 0 fully saturated rings. The van der Waals surface area contributed by atoms with E-state index in [9.17, 15) is 14.4 Å². The maximum atomic E-state index is 13.0. The zero-order valence-electron chi connectivity index (χ0n) is 17.2. The third kappa shape index (κ3) is 4.64. The maximum Gasteiger partial charge on any atom is 0.274 e. The van der Waals surface area contributed by atoms with Gasteiger partial charge < -0.3 is 14.7 Å². The van der Waals surface area contributed by atoms with Crippen molar-refractivity contribution in [3.63, 3.8) is 0 Å². The summed E-state index contributed by atoms with van der Waals surface area (Å²) in [6, 6.07) is 11.4. The largest absolute Gasteiger partial charge is 0.345 e. The van der Waals surface area contributed by atoms with Crippen LogP contribution in [-0.2, 0) is 17.9 Å². The summed E-state index contributed by atoms with van der Waals surface area (Å²) in [4.78, 5) is 42.5. The molecule has 1 aliphatic rings. The first-order valence-corrected chi connectivity index (χ1v) is 9.81. The minimum Gasteiger partial charge on any atom is -0.345 e. The minimum absolute atomic E-state index is 0.0283. The predicted molar refractivity (Wildman–Crippen MR) is 108 cm³/mol. The molecular formula is C21H27N5O3. The lowest BCUT2D eigenvalue weighted by atomic mass is 10.2. The van der Waals surface area contributed by atoms with Crippen molar-refractivity contribution in [3.8, 4) is 0 Å². The van der Waals surface area contributed by atoms with E-state index in [-0.39, 0.29) is 30.0 Å². The van der Waals surface area contributed by atoms with Crippen LogP contribution in [0.5, 0.6) is 0 Å². The van der Waals surface area contributed by atoms with E-state index in [1.165, 1.54) is 4.90 Å². The van der Waals surface area contributed by atoms with Crippen molar-refractivity contribution >= 4 is 17.7 Å². The average molecular weight is 397 g/mol. The molecule has 0 unspecified atom stereocenters. The highest BCUT2D eigenvalue weighted by Gasteiger charge is 2.27. The van der Waals surface area contributed by atoms with E-state index < -0.39 is 0 Å². The third-order valence-corrected chi connectivity index (χ3v) is 5.14. The normalized spacial score (nSPS) is 13.6. The Morgan fingerprint density at radius 2 is 1.83 bits per heavy atom. The summed E-state index contributed by atoms with van der Waals surface area (Å²) in [7, 11) is 3.26. The highest BCUT2D eigenvalue weighted by molar-refractivity contribution is 5.99. The maximum absolute atomic E-state index is 13.0. The van der Waals surface area contributed by atoms with Crippen molar-refractivity contribution in [2.75, 3.05) is 33.7 Å². The number of aryl methyl sites for hydroxylation is 1. The van der Waals surface area contributed by atoms with Gasteiger partial charge in [-0.15, -0.1) is 0 Å². The van der Waals surface area contributed by atoms with E-state index in [1.807, 2.05) is 37.3 Å². The number of likely N-dealkylation sites (N-methyl/N-ethyl adjacent to an activating group) is 2. The topological polar surface area (TPSA) is 78.8 Å². The fourth-order valence-corrected chi connectivity index (χ4v) is 3.26. The monoisotopic (exact) mass is 397 g/mol. The molecule has 3 rings (SSSR count). The molecule has 0 saturated carbocycles. The van der Waals surface area contributed by atoms with Gasteiger partial charge in [0.25, 0.3) is 11.8 Å². The van der Waals surface area contributed by atoms with Gasteiger partial charge in [-0.1, -0.05) is 30.3 Å². The second-order valence-electron chi connectivity index (χ2n) is 7.27. The van der Waals surface area contributed by atoms with Gasteiger partial charge in [0, 0.05) is 46.3 Å². The molecular weight excluding hydrogens is 370 g/mol. The van der Waals surface area contributed by atoms with Gasteiger partial charge in [0.2, 0.25) is 5.91 Å². The van der Waals surface area contributed by atoms with Crippen LogP contribution in [-0.4, -0.2) is 75.9 Å². The smallest absolute Gasteiger partial charge is 0.274 e. The molecule has 8 heteroatoms. The van der Waals surface area contributed by atoms with E-state index in [4.69, 9.17) is 0 Å². The van der Waals surface area contributed by atoms with Crippen LogP contribution in [0.1, 0.15) is 39.9 Å². The number of rotatable bonds is 6. The van der Waals surface area contributed by atoms with Crippen LogP contribution in [0, 0.1) is 0 Å². The van der Waals surface area contributed by atoms with E-state index >= 15 is 0 Å². The quantitative estimate of drug-likeness (QED) is 0.740. The van der Waals surface area contributed by atoms with Gasteiger partial charge in [-0.2, -0.15) is 5.10 Å². The summed E-state index contributed by atoms with van der Waals surface area (Å²) in [5.74, 6) is -0.651. The van der Waals surface area contributed by atoms with Gasteiger partial charge >= 0.3 is 0 Å². The molecule has 154 valence electrons. The average Bonchev–Trinajstić information content (AvgIpc) is 3.10. The molecule has 1 aliphatic heterocycles. The van der Waals surface area contributed by atoms with E-state index in [0.29, 0.717) is 31.9 Å². The summed E-state index contributed by atoms with van der Waals surface area (Å²) < 4.78 is 1.61. The molecule has 0 spiro atoms. The summed E-state index contributed by atoms with van der Waals surface area (Å²) >= 11 is 0. The van der Waals surface area contributed by atoms with Gasteiger partial charge in [-0.25, -0.2) is 0 Å². The minimum atomic E-state index is -0.370. The van der Waals surface area contributed by atoms with Crippen LogP contribution in [0.25, 0.3) is 0 Å². The lowest BCUT2D eigenvalue weighted by Crippen LogP contribution is -2.39. The molecule has 8 nitrogen and oxygen atoms in total. The number of amides is 3. The molecule has 0 bridgehead atoms. The second-order valence-corrected chi connectivity index (χ2v) is 7.27. The van der Waals surface area contributed by atoms with Crippen LogP contribution in [0.15, 0.2) is 36.4 Å². The molecule has 2 aromatic rings. The number of carbonyl (C=O) groups is 3. The van der Waals surface area contributed by atoms with Gasteiger partial charge in [-0.3, -0.25) is 19.1 Å². The van der Waals surface area contributed by atoms with Crippen molar-refractivity contribution in [1.29, 1.82) is 0 Å². The fraction of sp³-hybridized carbons (Fsp3) is 0.429. The summed E-state index contributed by atoms with van der Waals surface area (Å²) in [5.41, 5.74) is 1.65. The van der Waals surface area contributed by atoms with Crippen molar-refractivity contribution in [1.82, 2.24) is 24.5 Å². The standard InChI is InChI=1S/C21H27N5O3/c1-4-23(2)19(27)15-24(3)20(28)17-13-18-21(29)25(11-8-12-26(18)22-17)14-16-9-6-5-7-10-16/h5-7,9-10,13H,4,8,11-12,14-15H2,1-3H3. The molecule has 0 saturated heterocycles. The summed E-state index contributed by atoms with van der Waals surface area (Å²) in [5, 5.41) is 4.35. The fourth-order valence-electron chi connectivity index (χ4n) is 3.26. The number of fused-ring (bicyclic) bond motifs is 1. The Morgan fingerprint density at radius 3 is 2.52 bits per heavy atom. The Balaban J connectivity index is 1.75. The molecule has 2 heterocycles. The van der Waals surface area contributed by atoms with Crippen LogP contribution in [0.4, 0.5) is 0 Å². The van der Waals surface area contributed by atoms with Crippen molar-refractivity contribution < 1.29 is 14.4 Å². The van der Waals surface area contributed by atoms with E-state index in [0.717, 1.165) is 12.0 Å². The van der Waals surface area contributed by atoms with Crippen LogP contribution < -0.4 is 0 Å². The number of nitrogens with zero attached hydrogens (tertiary/aromatic N) is 5. The number of hydrogen-bond donors (Lipinski definition) is 0. The van der Waals surface area contributed by atoms with E-state index in [2.05, 4.69) is 5.10 Å². The number of hydrogen-bond acceptors (Lipinski definition) is 4. The number of carbonyl (C=O) groups excluding carboxylic acids is 3. The first-order chi connectivity index (χ1) is 13.9. The molecule has 3 amide bonds. The van der Waals surface area contributed by atoms with E-state index in [1.54, 1.807) is 34.6 Å². The zero-order chi connectivity index (χ0) is 21.0. The van der Waals surface area contributed by atoms with Crippen molar-refractivity contribution in [2.45, 2.75) is 26.4 Å². The molecule has 1 aromatic heterocycles. The second kappa shape index (κ2) is 8.89. The Kier molecular flexibility index (Phi) is 6.31. The van der Waals surface area contributed by atoms with Gasteiger partial charge in [0.15, 0.2) is 5.69 Å². The molecule has 0 radical (unpaired) electrons. The van der Waals surface area contributed by atoms with Gasteiger partial charge in [-0.05, 0) is 18.9 Å². The Morgan fingerprint density at radius 1 is 1.10 bits per heavy atom. The van der Waals surface area contributed by atoms with Gasteiger partial charge in [0.1, 0.15) is 5.69 Å². The van der Waals surface area contributed by atoms with Crippen molar-refractivity contribution in [3.05, 3.63) is 53.3 Å². The highest BCUT2D eigenvalue weighted by atomic mass is 16.2. The first kappa shape index (κ1) is 20.6. The summed E-state index contributed by atoms with van der Waals surface area (Å²) in [6.45, 7) is 4.15. The van der Waals surface area contributed by atoms with Crippen molar-refractivity contribution in [2.24, 2.45) is 0 Å². The lowest BCUT2D eigenvalue weighted by Gasteiger charge is -2.20. The zero-order valence-corrected chi connectivity index (χ0v) is 17.2. The van der Waals surface area contributed by atoms with Crippen LogP contribution >= 0.6 is 0 Å².